The minimum Gasteiger partial charge on any atom is -0.341 e. The van der Waals surface area contributed by atoms with Crippen molar-refractivity contribution in [2.75, 3.05) is 11.4 Å². The number of aromatic nitrogens is 3. The molecule has 0 atom stereocenters. The van der Waals surface area contributed by atoms with Gasteiger partial charge in [-0.3, -0.25) is 9.55 Å². The van der Waals surface area contributed by atoms with Crippen LogP contribution in [0.5, 0.6) is 0 Å². The van der Waals surface area contributed by atoms with Crippen LogP contribution in [0, 0.1) is 0 Å². The minimum atomic E-state index is 0.897. The van der Waals surface area contributed by atoms with E-state index in [1.807, 2.05) is 12.4 Å². The maximum absolute atomic E-state index is 5.40. The number of hydrogen-bond donors (Lipinski definition) is 0. The lowest BCUT2D eigenvalue weighted by Crippen LogP contribution is -2.12. The second kappa shape index (κ2) is 11.6. The van der Waals surface area contributed by atoms with Gasteiger partial charge in [-0.15, -0.1) is 0 Å². The lowest BCUT2D eigenvalue weighted by atomic mass is 9.99. The molecule has 4 heteroatoms. The van der Waals surface area contributed by atoms with Crippen molar-refractivity contribution in [1.82, 2.24) is 14.5 Å². The Hall–Kier alpha value is -6.52. The summed E-state index contributed by atoms with van der Waals surface area (Å²) in [4.78, 5) is 12.5. The zero-order valence-electron chi connectivity index (χ0n) is 27.4. The van der Waals surface area contributed by atoms with Crippen molar-refractivity contribution in [1.29, 1.82) is 0 Å². The molecule has 0 amide bonds. The predicted octanol–water partition coefficient (Wildman–Crippen LogP) is 11.4. The molecule has 4 nitrogen and oxygen atoms in total. The first kappa shape index (κ1) is 28.5. The first-order valence-electron chi connectivity index (χ1n) is 17.2. The molecule has 50 heavy (non-hydrogen) atoms. The van der Waals surface area contributed by atoms with Gasteiger partial charge < -0.3 is 4.90 Å². The third-order valence-electron chi connectivity index (χ3n) is 10.1. The van der Waals surface area contributed by atoms with Gasteiger partial charge in [0.25, 0.3) is 0 Å². The molecule has 4 heterocycles. The van der Waals surface area contributed by atoms with Crippen LogP contribution in [0.25, 0.3) is 71.9 Å². The van der Waals surface area contributed by atoms with Gasteiger partial charge in [0.1, 0.15) is 5.82 Å². The summed E-state index contributed by atoms with van der Waals surface area (Å²) < 4.78 is 2.37. The maximum atomic E-state index is 5.40. The Morgan fingerprint density at radius 3 is 2.04 bits per heavy atom. The molecule has 0 radical (unpaired) electrons. The topological polar surface area (TPSA) is 34.0 Å². The summed E-state index contributed by atoms with van der Waals surface area (Å²) in [5, 5.41) is 4.79. The highest BCUT2D eigenvalue weighted by molar-refractivity contribution is 6.12. The van der Waals surface area contributed by atoms with E-state index in [1.165, 1.54) is 33.1 Å². The summed E-state index contributed by atoms with van der Waals surface area (Å²) in [5.74, 6) is 0.897. The number of nitrogens with zero attached hydrogens (tertiary/aromatic N) is 4. The van der Waals surface area contributed by atoms with E-state index in [4.69, 9.17) is 4.98 Å². The van der Waals surface area contributed by atoms with Crippen molar-refractivity contribution >= 4 is 44.0 Å². The third-order valence-corrected chi connectivity index (χ3v) is 10.1. The van der Waals surface area contributed by atoms with E-state index < -0.39 is 0 Å². The van der Waals surface area contributed by atoms with Crippen LogP contribution in [0.2, 0.25) is 0 Å². The van der Waals surface area contributed by atoms with Crippen molar-refractivity contribution in [2.45, 2.75) is 6.42 Å². The molecule has 0 unspecified atom stereocenters. The van der Waals surface area contributed by atoms with Gasteiger partial charge in [-0.1, -0.05) is 109 Å². The molecule has 0 spiro atoms. The van der Waals surface area contributed by atoms with E-state index in [0.717, 1.165) is 68.7 Å². The number of rotatable bonds is 5. The van der Waals surface area contributed by atoms with Crippen LogP contribution in [0.4, 0.5) is 11.4 Å². The Morgan fingerprint density at radius 2 is 1.22 bits per heavy atom. The van der Waals surface area contributed by atoms with Gasteiger partial charge in [0, 0.05) is 57.6 Å². The van der Waals surface area contributed by atoms with Crippen molar-refractivity contribution in [3.05, 3.63) is 176 Å². The van der Waals surface area contributed by atoms with Gasteiger partial charge in [-0.05, 0) is 82.6 Å². The Bertz CT molecular complexity index is 2630. The van der Waals surface area contributed by atoms with E-state index in [1.54, 1.807) is 0 Å². The fraction of sp³-hybridized carbons (Fsp3) is 0.0435. The quantitative estimate of drug-likeness (QED) is 0.188. The normalized spacial score (nSPS) is 12.6. The van der Waals surface area contributed by atoms with Crippen molar-refractivity contribution in [3.63, 3.8) is 0 Å². The van der Waals surface area contributed by atoms with Crippen molar-refractivity contribution < 1.29 is 0 Å². The van der Waals surface area contributed by atoms with Crippen LogP contribution in [0.15, 0.2) is 170 Å². The standard InChI is InChI=1S/C46H32N4/c1-4-12-31(13-5-1)36-26-42(32-14-6-2-7-15-32)48-46(27-36)50-43-21-20-33(41-30-47-29-35-16-10-11-19-38(35)41)24-39(43)40-25-34-22-23-49(44(34)28-45(40)50)37-17-8-3-9-18-37/h1-21,24-30H,22-23H2. The number of para-hydroxylation sites is 1. The van der Waals surface area contributed by atoms with Gasteiger partial charge in [-0.2, -0.15) is 0 Å². The highest BCUT2D eigenvalue weighted by atomic mass is 15.2. The van der Waals surface area contributed by atoms with E-state index in [0.29, 0.717) is 0 Å². The average Bonchev–Trinajstić information content (AvgIpc) is 3.75. The summed E-state index contributed by atoms with van der Waals surface area (Å²) in [6.07, 6.45) is 4.94. The van der Waals surface area contributed by atoms with Crippen LogP contribution in [-0.4, -0.2) is 21.1 Å². The Labute approximate surface area is 290 Å². The largest absolute Gasteiger partial charge is 0.341 e. The fourth-order valence-electron chi connectivity index (χ4n) is 7.73. The molecule has 6 aromatic carbocycles. The lowest BCUT2D eigenvalue weighted by molar-refractivity contribution is 0.998. The molecular weight excluding hydrogens is 609 g/mol. The monoisotopic (exact) mass is 640 g/mol. The van der Waals surface area contributed by atoms with Crippen molar-refractivity contribution in [2.24, 2.45) is 0 Å². The lowest BCUT2D eigenvalue weighted by Gasteiger charge is -2.20. The van der Waals surface area contributed by atoms with Crippen molar-refractivity contribution in [3.8, 4) is 39.3 Å². The molecule has 1 aliphatic heterocycles. The van der Waals surface area contributed by atoms with Crippen LogP contribution in [0.1, 0.15) is 5.56 Å². The fourth-order valence-corrected chi connectivity index (χ4v) is 7.73. The summed E-state index contributed by atoms with van der Waals surface area (Å²) in [6, 6.07) is 56.5. The van der Waals surface area contributed by atoms with Crippen LogP contribution in [0.3, 0.4) is 0 Å². The van der Waals surface area contributed by atoms with E-state index in [2.05, 4.69) is 172 Å². The Morgan fingerprint density at radius 1 is 0.500 bits per heavy atom. The number of anilines is 2. The second-order valence-electron chi connectivity index (χ2n) is 13.0. The smallest absolute Gasteiger partial charge is 0.138 e. The molecule has 0 saturated heterocycles. The number of pyridine rings is 2. The van der Waals surface area contributed by atoms with E-state index in [-0.39, 0.29) is 0 Å². The number of fused-ring (bicyclic) bond motifs is 5. The van der Waals surface area contributed by atoms with E-state index in [9.17, 15) is 0 Å². The Balaban J connectivity index is 1.27. The SMILES string of the molecule is c1ccc(-c2cc(-c3ccccc3)nc(-n3c4ccc(-c5cncc6ccccc56)cc4c4cc5c(cc43)N(c3ccccc3)CC5)c2)cc1. The van der Waals surface area contributed by atoms with Gasteiger partial charge in [0.2, 0.25) is 0 Å². The van der Waals surface area contributed by atoms with Crippen LogP contribution in [-0.2, 0) is 6.42 Å². The van der Waals surface area contributed by atoms with Crippen LogP contribution < -0.4 is 4.90 Å². The molecule has 0 N–H and O–H groups in total. The molecule has 0 aliphatic carbocycles. The van der Waals surface area contributed by atoms with Gasteiger partial charge >= 0.3 is 0 Å². The predicted molar refractivity (Wildman–Crippen MR) is 207 cm³/mol. The zero-order valence-corrected chi connectivity index (χ0v) is 27.4. The maximum Gasteiger partial charge on any atom is 0.138 e. The molecule has 0 saturated carbocycles. The summed E-state index contributed by atoms with van der Waals surface area (Å²) >= 11 is 0. The second-order valence-corrected chi connectivity index (χ2v) is 13.0. The molecule has 0 fully saturated rings. The summed E-state index contributed by atoms with van der Waals surface area (Å²) in [7, 11) is 0. The van der Waals surface area contributed by atoms with E-state index >= 15 is 0 Å². The molecular formula is C46H32N4. The summed E-state index contributed by atoms with van der Waals surface area (Å²) in [5.41, 5.74) is 12.7. The highest BCUT2D eigenvalue weighted by Crippen LogP contribution is 2.43. The molecule has 0 bridgehead atoms. The highest BCUT2D eigenvalue weighted by Gasteiger charge is 2.25. The average molecular weight is 641 g/mol. The molecule has 9 aromatic rings. The number of hydrogen-bond acceptors (Lipinski definition) is 3. The number of benzene rings is 6. The molecule has 10 rings (SSSR count). The van der Waals surface area contributed by atoms with Gasteiger partial charge in [-0.25, -0.2) is 4.98 Å². The first-order chi connectivity index (χ1) is 24.8. The van der Waals surface area contributed by atoms with Gasteiger partial charge in [0.15, 0.2) is 0 Å². The zero-order chi connectivity index (χ0) is 33.0. The molecule has 1 aliphatic rings. The molecule has 3 aromatic heterocycles. The first-order valence-corrected chi connectivity index (χ1v) is 17.2. The van der Waals surface area contributed by atoms with Crippen LogP contribution >= 0.6 is 0 Å². The summed E-state index contributed by atoms with van der Waals surface area (Å²) in [6.45, 7) is 0.955. The minimum absolute atomic E-state index is 0.897. The Kier molecular flexibility index (Phi) is 6.59. The third kappa shape index (κ3) is 4.68. The van der Waals surface area contributed by atoms with Gasteiger partial charge in [0.05, 0.1) is 16.7 Å². The molecule has 236 valence electrons.